The SMILES string of the molecule is CCC(C)c1ncc(C(=O)Cl)[nH]1. The Hall–Kier alpha value is -0.830. The average molecular weight is 187 g/mol. The molecule has 0 aliphatic rings. The van der Waals surface area contributed by atoms with Crippen LogP contribution in [0.4, 0.5) is 0 Å². The van der Waals surface area contributed by atoms with Crippen LogP contribution >= 0.6 is 11.6 Å². The highest BCUT2D eigenvalue weighted by Gasteiger charge is 2.10. The Balaban J connectivity index is 2.84. The van der Waals surface area contributed by atoms with E-state index in [2.05, 4.69) is 16.9 Å². The van der Waals surface area contributed by atoms with Gasteiger partial charge in [0.25, 0.3) is 5.24 Å². The smallest absolute Gasteiger partial charge is 0.270 e. The highest BCUT2D eigenvalue weighted by Crippen LogP contribution is 2.15. The maximum absolute atomic E-state index is 10.7. The molecule has 1 aromatic rings. The first-order valence-corrected chi connectivity index (χ1v) is 4.27. The molecule has 0 bridgehead atoms. The fourth-order valence-corrected chi connectivity index (χ4v) is 0.976. The molecule has 0 spiro atoms. The minimum Gasteiger partial charge on any atom is -0.338 e. The van der Waals surface area contributed by atoms with E-state index in [1.54, 1.807) is 0 Å². The molecule has 3 nitrogen and oxygen atoms in total. The number of aromatic amines is 1. The Bertz CT molecular complexity index is 282. The van der Waals surface area contributed by atoms with Crippen LogP contribution < -0.4 is 0 Å². The fourth-order valence-electron chi connectivity index (χ4n) is 0.880. The van der Waals surface area contributed by atoms with Gasteiger partial charge in [-0.1, -0.05) is 13.8 Å². The van der Waals surface area contributed by atoms with Crippen molar-refractivity contribution in [2.75, 3.05) is 0 Å². The van der Waals surface area contributed by atoms with Gasteiger partial charge in [-0.3, -0.25) is 4.79 Å². The van der Waals surface area contributed by atoms with Gasteiger partial charge in [-0.2, -0.15) is 0 Å². The Morgan fingerprint density at radius 2 is 2.50 bits per heavy atom. The van der Waals surface area contributed by atoms with Crippen molar-refractivity contribution in [3.63, 3.8) is 0 Å². The van der Waals surface area contributed by atoms with Crippen molar-refractivity contribution in [3.05, 3.63) is 17.7 Å². The van der Waals surface area contributed by atoms with Gasteiger partial charge in [-0.05, 0) is 18.0 Å². The number of carbonyl (C=O) groups excluding carboxylic acids is 1. The summed E-state index contributed by atoms with van der Waals surface area (Å²) in [6.07, 6.45) is 2.46. The molecule has 1 heterocycles. The summed E-state index contributed by atoms with van der Waals surface area (Å²) in [5.74, 6) is 1.16. The average Bonchev–Trinajstić information content (AvgIpc) is 2.51. The summed E-state index contributed by atoms with van der Waals surface area (Å²) < 4.78 is 0. The lowest BCUT2D eigenvalue weighted by Gasteiger charge is -2.01. The second kappa shape index (κ2) is 3.72. The van der Waals surface area contributed by atoms with E-state index in [9.17, 15) is 4.79 Å². The molecule has 0 aromatic carbocycles. The molecule has 0 radical (unpaired) electrons. The maximum Gasteiger partial charge on any atom is 0.270 e. The number of nitrogens with one attached hydrogen (secondary N) is 1. The third-order valence-electron chi connectivity index (χ3n) is 1.89. The Labute approximate surface area is 76.1 Å². The molecule has 1 unspecified atom stereocenters. The lowest BCUT2D eigenvalue weighted by molar-refractivity contribution is 0.107. The van der Waals surface area contributed by atoms with Crippen molar-refractivity contribution in [1.82, 2.24) is 9.97 Å². The Kier molecular flexibility index (Phi) is 2.87. The molecule has 66 valence electrons. The van der Waals surface area contributed by atoms with Gasteiger partial charge in [0.15, 0.2) is 0 Å². The molecular formula is C8H11ClN2O. The Morgan fingerprint density at radius 1 is 1.83 bits per heavy atom. The number of halogens is 1. The van der Waals surface area contributed by atoms with Crippen molar-refractivity contribution in [3.8, 4) is 0 Å². The topological polar surface area (TPSA) is 45.8 Å². The molecule has 0 aliphatic carbocycles. The van der Waals surface area contributed by atoms with Crippen LogP contribution in [0.3, 0.4) is 0 Å². The molecule has 0 aliphatic heterocycles. The van der Waals surface area contributed by atoms with E-state index in [-0.39, 0.29) is 0 Å². The molecule has 1 aromatic heterocycles. The largest absolute Gasteiger partial charge is 0.338 e. The van der Waals surface area contributed by atoms with Crippen molar-refractivity contribution >= 4 is 16.8 Å². The normalized spacial score (nSPS) is 12.9. The summed E-state index contributed by atoms with van der Waals surface area (Å²) in [4.78, 5) is 17.6. The lowest BCUT2D eigenvalue weighted by atomic mass is 10.1. The first-order valence-electron chi connectivity index (χ1n) is 3.89. The first kappa shape index (κ1) is 9.26. The van der Waals surface area contributed by atoms with E-state index in [1.165, 1.54) is 6.20 Å². The van der Waals surface area contributed by atoms with Crippen LogP contribution in [0, 0.1) is 0 Å². The highest BCUT2D eigenvalue weighted by molar-refractivity contribution is 6.67. The van der Waals surface area contributed by atoms with E-state index in [4.69, 9.17) is 11.6 Å². The number of hydrogen-bond donors (Lipinski definition) is 1. The monoisotopic (exact) mass is 186 g/mol. The molecule has 0 saturated heterocycles. The molecule has 1 atom stereocenters. The molecule has 0 fully saturated rings. The standard InChI is InChI=1S/C8H11ClN2O/c1-3-5(2)8-10-4-6(11-8)7(9)12/h4-5H,3H2,1-2H3,(H,10,11). The van der Waals surface area contributed by atoms with Crippen LogP contribution in [0.2, 0.25) is 0 Å². The third kappa shape index (κ3) is 1.85. The number of nitrogens with zero attached hydrogens (tertiary/aromatic N) is 1. The molecule has 0 saturated carbocycles. The van der Waals surface area contributed by atoms with Gasteiger partial charge in [0.1, 0.15) is 11.5 Å². The van der Waals surface area contributed by atoms with Crippen LogP contribution in [-0.4, -0.2) is 15.2 Å². The molecule has 12 heavy (non-hydrogen) atoms. The molecule has 1 rings (SSSR count). The number of imidazole rings is 1. The summed E-state index contributed by atoms with van der Waals surface area (Å²) in [5.41, 5.74) is 0.368. The van der Waals surface area contributed by atoms with Crippen molar-refractivity contribution in [1.29, 1.82) is 0 Å². The minimum atomic E-state index is -0.489. The highest BCUT2D eigenvalue weighted by atomic mass is 35.5. The number of aromatic nitrogens is 2. The summed E-state index contributed by atoms with van der Waals surface area (Å²) >= 11 is 5.25. The molecule has 4 heteroatoms. The van der Waals surface area contributed by atoms with Gasteiger partial charge >= 0.3 is 0 Å². The van der Waals surface area contributed by atoms with Crippen LogP contribution in [0.15, 0.2) is 6.20 Å². The predicted molar refractivity (Wildman–Crippen MR) is 47.5 cm³/mol. The van der Waals surface area contributed by atoms with E-state index in [0.717, 1.165) is 12.2 Å². The van der Waals surface area contributed by atoms with Gasteiger partial charge in [-0.25, -0.2) is 4.98 Å². The van der Waals surface area contributed by atoms with Crippen LogP contribution in [0.5, 0.6) is 0 Å². The van der Waals surface area contributed by atoms with Crippen molar-refractivity contribution < 1.29 is 4.79 Å². The van der Waals surface area contributed by atoms with E-state index in [0.29, 0.717) is 11.6 Å². The van der Waals surface area contributed by atoms with Gasteiger partial charge < -0.3 is 4.98 Å². The van der Waals surface area contributed by atoms with E-state index < -0.39 is 5.24 Å². The number of hydrogen-bond acceptors (Lipinski definition) is 2. The summed E-state index contributed by atoms with van der Waals surface area (Å²) in [5, 5.41) is -0.489. The second-order valence-corrected chi connectivity index (χ2v) is 3.11. The molecule has 0 amide bonds. The van der Waals surface area contributed by atoms with Gasteiger partial charge in [0.05, 0.1) is 6.20 Å². The van der Waals surface area contributed by atoms with Crippen LogP contribution in [-0.2, 0) is 0 Å². The summed E-state index contributed by atoms with van der Waals surface area (Å²) in [7, 11) is 0. The quantitative estimate of drug-likeness (QED) is 0.737. The summed E-state index contributed by atoms with van der Waals surface area (Å²) in [6, 6.07) is 0. The van der Waals surface area contributed by atoms with E-state index in [1.807, 2.05) is 6.92 Å². The maximum atomic E-state index is 10.7. The minimum absolute atomic E-state index is 0.342. The van der Waals surface area contributed by atoms with Crippen molar-refractivity contribution in [2.45, 2.75) is 26.2 Å². The van der Waals surface area contributed by atoms with Crippen molar-refractivity contribution in [2.24, 2.45) is 0 Å². The van der Waals surface area contributed by atoms with Gasteiger partial charge in [0.2, 0.25) is 0 Å². The Morgan fingerprint density at radius 3 is 2.92 bits per heavy atom. The first-order chi connectivity index (χ1) is 5.65. The van der Waals surface area contributed by atoms with E-state index >= 15 is 0 Å². The van der Waals surface area contributed by atoms with Gasteiger partial charge in [-0.15, -0.1) is 0 Å². The number of H-pyrrole nitrogens is 1. The third-order valence-corrected chi connectivity index (χ3v) is 2.09. The fraction of sp³-hybridized carbons (Fsp3) is 0.500. The molecular weight excluding hydrogens is 176 g/mol. The zero-order valence-corrected chi connectivity index (χ0v) is 7.85. The summed E-state index contributed by atoms with van der Waals surface area (Å²) in [6.45, 7) is 4.11. The second-order valence-electron chi connectivity index (χ2n) is 2.77. The predicted octanol–water partition coefficient (Wildman–Crippen LogP) is 2.30. The number of rotatable bonds is 3. The molecule has 1 N–H and O–H groups in total. The van der Waals surface area contributed by atoms with Crippen LogP contribution in [0.25, 0.3) is 0 Å². The lowest BCUT2D eigenvalue weighted by Crippen LogP contribution is -1.95. The number of carbonyl (C=O) groups is 1. The van der Waals surface area contributed by atoms with Crippen LogP contribution in [0.1, 0.15) is 42.5 Å². The zero-order chi connectivity index (χ0) is 9.14. The zero-order valence-electron chi connectivity index (χ0n) is 7.10. The van der Waals surface area contributed by atoms with Gasteiger partial charge in [0, 0.05) is 5.92 Å².